The fourth-order valence-corrected chi connectivity index (χ4v) is 4.05. The molecule has 0 radical (unpaired) electrons. The molecule has 0 bridgehead atoms. The van der Waals surface area contributed by atoms with Gasteiger partial charge in [0.2, 0.25) is 0 Å². The van der Waals surface area contributed by atoms with Crippen LogP contribution in [0.1, 0.15) is 20.8 Å². The third-order valence-electron chi connectivity index (χ3n) is 2.63. The maximum absolute atomic E-state index is 12.4. The maximum atomic E-state index is 12.4. The van der Waals surface area contributed by atoms with E-state index in [-0.39, 0.29) is 0 Å². The zero-order valence-electron chi connectivity index (χ0n) is 7.26. The summed E-state index contributed by atoms with van der Waals surface area (Å²) in [5.74, 6) is -3.90. The summed E-state index contributed by atoms with van der Waals surface area (Å²) in [4.78, 5) is 0. The predicted octanol–water partition coefficient (Wildman–Crippen LogP) is 3.32. The molecule has 0 atom stereocenters. The second-order valence-electron chi connectivity index (χ2n) is 2.84. The molecule has 0 aromatic rings. The van der Waals surface area contributed by atoms with Crippen molar-refractivity contribution in [2.24, 2.45) is 0 Å². The summed E-state index contributed by atoms with van der Waals surface area (Å²) in [5.41, 5.74) is 0. The molecule has 11 heavy (non-hydrogen) atoms. The van der Waals surface area contributed by atoms with E-state index in [1.807, 2.05) is 0 Å². The molecule has 70 valence electrons. The Balaban J connectivity index is 4.54. The van der Waals surface area contributed by atoms with Crippen molar-refractivity contribution < 1.29 is 13.2 Å². The Morgan fingerprint density at radius 2 is 1.18 bits per heavy atom. The fraction of sp³-hybridized carbons (Fsp3) is 1.00. The molecule has 0 unspecified atom stereocenters. The van der Waals surface area contributed by atoms with Crippen LogP contribution in [0.5, 0.6) is 0 Å². The summed E-state index contributed by atoms with van der Waals surface area (Å²) in [6, 6.07) is 0. The molecule has 0 aromatic heterocycles. The number of hydrogen-bond acceptors (Lipinski definition) is 0. The van der Waals surface area contributed by atoms with Gasteiger partial charge in [0, 0.05) is 0 Å². The Morgan fingerprint density at radius 1 is 0.909 bits per heavy atom. The minimum absolute atomic E-state index is 0.323. The number of hydrogen-bond donors (Lipinski definition) is 0. The minimum atomic E-state index is -3.90. The van der Waals surface area contributed by atoms with Crippen molar-refractivity contribution in [1.82, 2.24) is 0 Å². The summed E-state index contributed by atoms with van der Waals surface area (Å²) in [5, 5.41) is 0. The van der Waals surface area contributed by atoms with Crippen molar-refractivity contribution >= 4 is 7.26 Å². The molecule has 0 N–H and O–H groups in total. The molecule has 0 saturated heterocycles. The Bertz CT molecular complexity index is 107. The monoisotopic (exact) mass is 188 g/mol. The van der Waals surface area contributed by atoms with Gasteiger partial charge in [-0.05, 0) is 0 Å². The van der Waals surface area contributed by atoms with E-state index in [1.165, 1.54) is 0 Å². The summed E-state index contributed by atoms with van der Waals surface area (Å²) in [6.45, 7) is 4.98. The van der Waals surface area contributed by atoms with E-state index in [4.69, 9.17) is 0 Å². The SMILES string of the molecule is CC[PH](CC)(CC)C(F)(F)F. The van der Waals surface area contributed by atoms with Crippen LogP contribution in [0.2, 0.25) is 0 Å². The quantitative estimate of drug-likeness (QED) is 0.596. The normalized spacial score (nSPS) is 15.1. The van der Waals surface area contributed by atoms with E-state index < -0.39 is 13.2 Å². The van der Waals surface area contributed by atoms with Crippen LogP contribution in [0.3, 0.4) is 0 Å². The molecule has 0 spiro atoms. The Kier molecular flexibility index (Phi) is 3.83. The summed E-state index contributed by atoms with van der Waals surface area (Å²) < 4.78 is 37.3. The van der Waals surface area contributed by atoms with Crippen molar-refractivity contribution in [2.75, 3.05) is 18.5 Å². The third kappa shape index (κ3) is 2.08. The van der Waals surface area contributed by atoms with Gasteiger partial charge >= 0.3 is 65.6 Å². The van der Waals surface area contributed by atoms with Crippen LogP contribution in [0.15, 0.2) is 0 Å². The van der Waals surface area contributed by atoms with Gasteiger partial charge in [0.05, 0.1) is 0 Å². The van der Waals surface area contributed by atoms with E-state index in [9.17, 15) is 13.2 Å². The van der Waals surface area contributed by atoms with E-state index in [1.54, 1.807) is 20.8 Å². The first kappa shape index (κ1) is 11.2. The first-order valence-corrected chi connectivity index (χ1v) is 6.62. The first-order chi connectivity index (χ1) is 4.93. The molecule has 0 aliphatic rings. The fourth-order valence-electron chi connectivity index (χ4n) is 1.35. The third-order valence-corrected chi connectivity index (χ3v) is 7.90. The Labute approximate surface area is 66.5 Å². The first-order valence-electron chi connectivity index (χ1n) is 4.00. The summed E-state index contributed by atoms with van der Waals surface area (Å²) in [7, 11) is -2.92. The summed E-state index contributed by atoms with van der Waals surface area (Å²) >= 11 is 0. The van der Waals surface area contributed by atoms with Crippen molar-refractivity contribution in [3.8, 4) is 0 Å². The molecule has 0 saturated carbocycles. The van der Waals surface area contributed by atoms with Gasteiger partial charge in [0.1, 0.15) is 0 Å². The zero-order valence-corrected chi connectivity index (χ0v) is 8.26. The van der Waals surface area contributed by atoms with E-state index in [0.29, 0.717) is 18.5 Å². The molecule has 0 aliphatic heterocycles. The van der Waals surface area contributed by atoms with Crippen molar-refractivity contribution in [3.05, 3.63) is 0 Å². The van der Waals surface area contributed by atoms with E-state index >= 15 is 0 Å². The standard InChI is InChI=1S/C7H16F3P/c1-4-11(5-2,6-3)7(8,9)10/h11H,4-6H2,1-3H3. The van der Waals surface area contributed by atoms with Gasteiger partial charge < -0.3 is 0 Å². The molecule has 0 aromatic carbocycles. The molecule has 0 aliphatic carbocycles. The second-order valence-corrected chi connectivity index (χ2v) is 8.09. The van der Waals surface area contributed by atoms with Crippen LogP contribution in [-0.4, -0.2) is 24.4 Å². The van der Waals surface area contributed by atoms with Crippen LogP contribution >= 0.6 is 7.26 Å². The van der Waals surface area contributed by atoms with Crippen LogP contribution < -0.4 is 0 Å². The molecule has 4 heteroatoms. The Morgan fingerprint density at radius 3 is 1.18 bits per heavy atom. The zero-order chi connectivity index (χ0) is 9.12. The van der Waals surface area contributed by atoms with Gasteiger partial charge in [0.15, 0.2) is 0 Å². The molecule has 0 nitrogen and oxygen atoms in total. The number of alkyl halides is 3. The number of halogens is 3. The average molecular weight is 188 g/mol. The predicted molar refractivity (Wildman–Crippen MR) is 46.0 cm³/mol. The second kappa shape index (κ2) is 3.75. The molecule has 0 heterocycles. The van der Waals surface area contributed by atoms with Gasteiger partial charge in [-0.15, -0.1) is 0 Å². The van der Waals surface area contributed by atoms with Gasteiger partial charge in [-0.25, -0.2) is 0 Å². The van der Waals surface area contributed by atoms with Crippen LogP contribution in [0.25, 0.3) is 0 Å². The van der Waals surface area contributed by atoms with Crippen LogP contribution in [0.4, 0.5) is 13.2 Å². The van der Waals surface area contributed by atoms with Crippen molar-refractivity contribution in [2.45, 2.75) is 26.7 Å². The number of rotatable bonds is 3. The van der Waals surface area contributed by atoms with Gasteiger partial charge in [-0.2, -0.15) is 0 Å². The van der Waals surface area contributed by atoms with Crippen LogP contribution in [-0.2, 0) is 0 Å². The molecule has 0 rings (SSSR count). The molecular weight excluding hydrogens is 172 g/mol. The van der Waals surface area contributed by atoms with E-state index in [2.05, 4.69) is 0 Å². The summed E-state index contributed by atoms with van der Waals surface area (Å²) in [6.07, 6.45) is 0.969. The van der Waals surface area contributed by atoms with Crippen molar-refractivity contribution in [3.63, 3.8) is 0 Å². The topological polar surface area (TPSA) is 0 Å². The van der Waals surface area contributed by atoms with Gasteiger partial charge in [-0.1, -0.05) is 0 Å². The van der Waals surface area contributed by atoms with Gasteiger partial charge in [-0.3, -0.25) is 0 Å². The average Bonchev–Trinajstić information content (AvgIpc) is 1.90. The van der Waals surface area contributed by atoms with Gasteiger partial charge in [0.25, 0.3) is 0 Å². The van der Waals surface area contributed by atoms with Crippen molar-refractivity contribution in [1.29, 1.82) is 0 Å². The molecule has 0 amide bonds. The molecule has 0 fully saturated rings. The van der Waals surface area contributed by atoms with E-state index in [0.717, 1.165) is 0 Å². The molecular formula is C7H16F3P. The van der Waals surface area contributed by atoms with Crippen LogP contribution in [0, 0.1) is 0 Å². The Hall–Kier alpha value is 0.220.